The van der Waals surface area contributed by atoms with Gasteiger partial charge in [-0.15, -0.1) is 12.4 Å². The smallest absolute Gasteiger partial charge is 0.0731 e. The molecule has 0 spiro atoms. The van der Waals surface area contributed by atoms with Gasteiger partial charge >= 0.3 is 0 Å². The van der Waals surface area contributed by atoms with Crippen LogP contribution in [0.3, 0.4) is 0 Å². The molecule has 1 aromatic rings. The highest BCUT2D eigenvalue weighted by molar-refractivity contribution is 5.85. The van der Waals surface area contributed by atoms with Crippen molar-refractivity contribution in [2.45, 2.75) is 44.8 Å². The topological polar surface area (TPSA) is 34.1 Å². The van der Waals surface area contributed by atoms with E-state index >= 15 is 0 Å². The number of halogens is 1. The van der Waals surface area contributed by atoms with Gasteiger partial charge in [0.05, 0.1) is 6.61 Å². The standard InChI is InChI=1S/C14H22N2O.ClH/c1-2-9-16-14(6-1)7-4-10-17-12-13-5-3-8-15-11-13;/h3,5,8,11,14,16H,1-2,4,6-7,9-10,12H2;1H. The second-order valence-electron chi connectivity index (χ2n) is 4.70. The molecule has 0 radical (unpaired) electrons. The van der Waals surface area contributed by atoms with Gasteiger partial charge in [0.15, 0.2) is 0 Å². The number of nitrogens with zero attached hydrogens (tertiary/aromatic N) is 1. The van der Waals surface area contributed by atoms with Gasteiger partial charge in [-0.2, -0.15) is 0 Å². The Balaban J connectivity index is 0.00000162. The zero-order valence-electron chi connectivity index (χ0n) is 10.8. The van der Waals surface area contributed by atoms with Gasteiger partial charge in [-0.3, -0.25) is 4.98 Å². The summed E-state index contributed by atoms with van der Waals surface area (Å²) in [6, 6.07) is 4.73. The van der Waals surface area contributed by atoms with Crippen molar-refractivity contribution in [3.05, 3.63) is 30.1 Å². The van der Waals surface area contributed by atoms with Crippen LogP contribution in [0.5, 0.6) is 0 Å². The Bertz CT molecular complexity index is 302. The molecule has 18 heavy (non-hydrogen) atoms. The highest BCUT2D eigenvalue weighted by Crippen LogP contribution is 2.11. The third kappa shape index (κ3) is 5.80. The van der Waals surface area contributed by atoms with E-state index in [4.69, 9.17) is 4.74 Å². The largest absolute Gasteiger partial charge is 0.377 e. The maximum Gasteiger partial charge on any atom is 0.0731 e. The Morgan fingerprint density at radius 2 is 2.33 bits per heavy atom. The van der Waals surface area contributed by atoms with Gasteiger partial charge in [0.25, 0.3) is 0 Å². The number of pyridine rings is 1. The number of hydrogen-bond donors (Lipinski definition) is 1. The molecular weight excluding hydrogens is 248 g/mol. The summed E-state index contributed by atoms with van der Waals surface area (Å²) >= 11 is 0. The maximum atomic E-state index is 5.64. The fraction of sp³-hybridized carbons (Fsp3) is 0.643. The second kappa shape index (κ2) is 9.31. The van der Waals surface area contributed by atoms with Crippen LogP contribution in [-0.4, -0.2) is 24.2 Å². The molecule has 1 saturated heterocycles. The van der Waals surface area contributed by atoms with Gasteiger partial charge in [-0.25, -0.2) is 0 Å². The van der Waals surface area contributed by atoms with Gasteiger partial charge in [0, 0.05) is 25.0 Å². The third-order valence-electron chi connectivity index (χ3n) is 3.25. The predicted octanol–water partition coefficient (Wildman–Crippen LogP) is 2.94. The summed E-state index contributed by atoms with van der Waals surface area (Å²) in [5, 5.41) is 3.56. The molecular formula is C14H23ClN2O. The van der Waals surface area contributed by atoms with Gasteiger partial charge in [-0.05, 0) is 43.9 Å². The van der Waals surface area contributed by atoms with Crippen molar-refractivity contribution in [2.75, 3.05) is 13.2 Å². The van der Waals surface area contributed by atoms with Crippen LogP contribution >= 0.6 is 12.4 Å². The van der Waals surface area contributed by atoms with Crippen molar-refractivity contribution in [1.29, 1.82) is 0 Å². The van der Waals surface area contributed by atoms with Crippen LogP contribution in [0.15, 0.2) is 24.5 Å². The lowest BCUT2D eigenvalue weighted by Gasteiger charge is -2.23. The first-order chi connectivity index (χ1) is 8.45. The van der Waals surface area contributed by atoms with Crippen molar-refractivity contribution in [1.82, 2.24) is 10.3 Å². The summed E-state index contributed by atoms with van der Waals surface area (Å²) in [6.07, 6.45) is 10.1. The van der Waals surface area contributed by atoms with Crippen molar-refractivity contribution >= 4 is 12.4 Å². The number of ether oxygens (including phenoxy) is 1. The van der Waals surface area contributed by atoms with Crippen LogP contribution in [-0.2, 0) is 11.3 Å². The van der Waals surface area contributed by atoms with Crippen LogP contribution in [0.25, 0.3) is 0 Å². The lowest BCUT2D eigenvalue weighted by Crippen LogP contribution is -2.33. The number of rotatable bonds is 6. The van der Waals surface area contributed by atoms with Crippen LogP contribution in [0.1, 0.15) is 37.7 Å². The van der Waals surface area contributed by atoms with Gasteiger partial charge in [0.1, 0.15) is 0 Å². The Kier molecular flexibility index (Phi) is 7.98. The predicted molar refractivity (Wildman–Crippen MR) is 76.0 cm³/mol. The summed E-state index contributed by atoms with van der Waals surface area (Å²) in [4.78, 5) is 4.07. The minimum Gasteiger partial charge on any atom is -0.377 e. The molecule has 0 bridgehead atoms. The minimum atomic E-state index is 0. The van der Waals surface area contributed by atoms with Gasteiger partial charge in [0.2, 0.25) is 0 Å². The first-order valence-electron chi connectivity index (χ1n) is 6.65. The minimum absolute atomic E-state index is 0. The Morgan fingerprint density at radius 3 is 3.06 bits per heavy atom. The van der Waals surface area contributed by atoms with Crippen molar-refractivity contribution in [2.24, 2.45) is 0 Å². The van der Waals surface area contributed by atoms with Crippen LogP contribution < -0.4 is 5.32 Å². The molecule has 0 amide bonds. The average Bonchev–Trinajstić information content (AvgIpc) is 2.41. The van der Waals surface area contributed by atoms with Crippen molar-refractivity contribution in [3.63, 3.8) is 0 Å². The van der Waals surface area contributed by atoms with E-state index in [0.29, 0.717) is 6.61 Å². The number of aromatic nitrogens is 1. The number of piperidine rings is 1. The summed E-state index contributed by atoms with van der Waals surface area (Å²) in [5.74, 6) is 0. The SMILES string of the molecule is Cl.c1cncc(COCCCC2CCCCN2)c1. The van der Waals surface area contributed by atoms with Crippen molar-refractivity contribution < 1.29 is 4.74 Å². The molecule has 4 heteroatoms. The average molecular weight is 271 g/mol. The second-order valence-corrected chi connectivity index (χ2v) is 4.70. The van der Waals surface area contributed by atoms with Crippen LogP contribution in [0.4, 0.5) is 0 Å². The highest BCUT2D eigenvalue weighted by atomic mass is 35.5. The van der Waals surface area contributed by atoms with E-state index in [0.717, 1.165) is 24.6 Å². The van der Waals surface area contributed by atoms with Gasteiger partial charge < -0.3 is 10.1 Å². The highest BCUT2D eigenvalue weighted by Gasteiger charge is 2.11. The zero-order valence-corrected chi connectivity index (χ0v) is 11.6. The number of nitrogens with one attached hydrogen (secondary N) is 1. The van der Waals surface area contributed by atoms with E-state index in [-0.39, 0.29) is 12.4 Å². The maximum absolute atomic E-state index is 5.64. The molecule has 0 saturated carbocycles. The Labute approximate surface area is 116 Å². The molecule has 0 aliphatic carbocycles. The Morgan fingerprint density at radius 1 is 1.39 bits per heavy atom. The zero-order chi connectivity index (χ0) is 11.8. The fourth-order valence-electron chi connectivity index (χ4n) is 2.28. The molecule has 0 aromatic carbocycles. The summed E-state index contributed by atoms with van der Waals surface area (Å²) < 4.78 is 5.64. The molecule has 1 fully saturated rings. The van der Waals surface area contributed by atoms with E-state index in [1.807, 2.05) is 12.3 Å². The quantitative estimate of drug-likeness (QED) is 0.807. The van der Waals surface area contributed by atoms with Crippen LogP contribution in [0, 0.1) is 0 Å². The van der Waals surface area contributed by atoms with Crippen molar-refractivity contribution in [3.8, 4) is 0 Å². The van der Waals surface area contributed by atoms with E-state index < -0.39 is 0 Å². The molecule has 102 valence electrons. The van der Waals surface area contributed by atoms with E-state index in [1.165, 1.54) is 32.2 Å². The number of hydrogen-bond acceptors (Lipinski definition) is 3. The molecule has 1 aromatic heterocycles. The lowest BCUT2D eigenvalue weighted by molar-refractivity contribution is 0.114. The molecule has 1 N–H and O–H groups in total. The molecule has 2 rings (SSSR count). The fourth-order valence-corrected chi connectivity index (χ4v) is 2.28. The first-order valence-corrected chi connectivity index (χ1v) is 6.65. The van der Waals surface area contributed by atoms with E-state index in [2.05, 4.69) is 16.4 Å². The molecule has 2 heterocycles. The van der Waals surface area contributed by atoms with Crippen LogP contribution in [0.2, 0.25) is 0 Å². The molecule has 3 nitrogen and oxygen atoms in total. The van der Waals surface area contributed by atoms with E-state index in [9.17, 15) is 0 Å². The third-order valence-corrected chi connectivity index (χ3v) is 3.25. The summed E-state index contributed by atoms with van der Waals surface area (Å²) in [6.45, 7) is 2.74. The summed E-state index contributed by atoms with van der Waals surface area (Å²) in [5.41, 5.74) is 1.16. The summed E-state index contributed by atoms with van der Waals surface area (Å²) in [7, 11) is 0. The molecule has 1 aliphatic rings. The van der Waals surface area contributed by atoms with Gasteiger partial charge in [-0.1, -0.05) is 12.5 Å². The lowest BCUT2D eigenvalue weighted by atomic mass is 10.0. The molecule has 1 atom stereocenters. The molecule has 1 aliphatic heterocycles. The normalized spacial score (nSPS) is 19.2. The Hall–Kier alpha value is -0.640. The van der Waals surface area contributed by atoms with E-state index in [1.54, 1.807) is 6.20 Å². The molecule has 1 unspecified atom stereocenters. The first kappa shape index (κ1) is 15.4. The monoisotopic (exact) mass is 270 g/mol.